The van der Waals surface area contributed by atoms with E-state index in [9.17, 15) is 19.0 Å². The molecule has 0 saturated heterocycles. The van der Waals surface area contributed by atoms with E-state index in [4.69, 9.17) is 18.5 Å². The summed E-state index contributed by atoms with van der Waals surface area (Å²) >= 11 is 0. The summed E-state index contributed by atoms with van der Waals surface area (Å²) in [5, 5.41) is 0. The highest BCUT2D eigenvalue weighted by atomic mass is 31.2. The second kappa shape index (κ2) is 32.8. The van der Waals surface area contributed by atoms with Gasteiger partial charge in [-0.1, -0.05) is 127 Å². The highest BCUT2D eigenvalue weighted by Crippen LogP contribution is 2.43. The van der Waals surface area contributed by atoms with Crippen molar-refractivity contribution in [3.8, 4) is 0 Å². The molecule has 0 bridgehead atoms. The zero-order valence-corrected chi connectivity index (χ0v) is 33.3. The van der Waals surface area contributed by atoms with E-state index in [0.717, 1.165) is 38.5 Å². The Morgan fingerprint density at radius 3 is 1.66 bits per heavy atom. The largest absolute Gasteiger partial charge is 0.472 e. The highest BCUT2D eigenvalue weighted by molar-refractivity contribution is 7.47. The van der Waals surface area contributed by atoms with Gasteiger partial charge in [0.1, 0.15) is 19.8 Å². The molecule has 0 saturated carbocycles. The van der Waals surface area contributed by atoms with Crippen LogP contribution in [0.5, 0.6) is 0 Å². The van der Waals surface area contributed by atoms with E-state index in [2.05, 4.69) is 56.4 Å². The summed E-state index contributed by atoms with van der Waals surface area (Å²) in [7, 11) is 1.44. The molecule has 10 heteroatoms. The molecule has 0 aromatic carbocycles. The second-order valence-electron chi connectivity index (χ2n) is 14.0. The van der Waals surface area contributed by atoms with E-state index >= 15 is 0 Å². The zero-order valence-electron chi connectivity index (χ0n) is 32.4. The zero-order chi connectivity index (χ0) is 37.2. The summed E-state index contributed by atoms with van der Waals surface area (Å²) in [6.07, 6.45) is 36.0. The van der Waals surface area contributed by atoms with E-state index in [-0.39, 0.29) is 32.0 Å². The van der Waals surface area contributed by atoms with Crippen molar-refractivity contribution in [1.82, 2.24) is 0 Å². The third kappa shape index (κ3) is 35.8. The molecule has 0 rings (SSSR count). The molecule has 0 spiro atoms. The molecule has 0 amide bonds. The van der Waals surface area contributed by atoms with Crippen LogP contribution in [0.4, 0.5) is 0 Å². The van der Waals surface area contributed by atoms with Crippen LogP contribution in [0.15, 0.2) is 48.6 Å². The fourth-order valence-electron chi connectivity index (χ4n) is 4.77. The van der Waals surface area contributed by atoms with Crippen LogP contribution in [0, 0.1) is 0 Å². The number of unbranched alkanes of at least 4 members (excludes halogenated alkanes) is 12. The van der Waals surface area contributed by atoms with E-state index in [1.165, 1.54) is 64.2 Å². The number of ether oxygens (including phenoxy) is 2. The molecule has 0 aromatic rings. The molecule has 2 atom stereocenters. The van der Waals surface area contributed by atoms with E-state index in [1.54, 1.807) is 0 Å². The van der Waals surface area contributed by atoms with Gasteiger partial charge in [0, 0.05) is 12.8 Å². The molecule has 0 fully saturated rings. The van der Waals surface area contributed by atoms with Crippen LogP contribution >= 0.6 is 7.82 Å². The summed E-state index contributed by atoms with van der Waals surface area (Å²) < 4.78 is 34.0. The lowest BCUT2D eigenvalue weighted by molar-refractivity contribution is -0.870. The maximum absolute atomic E-state index is 12.6. The number of allylic oxidation sites excluding steroid dienone is 8. The lowest BCUT2D eigenvalue weighted by Gasteiger charge is -2.24. The second-order valence-corrected chi connectivity index (χ2v) is 15.4. The first-order chi connectivity index (χ1) is 24.0. The summed E-state index contributed by atoms with van der Waals surface area (Å²) in [5.41, 5.74) is 0. The minimum Gasteiger partial charge on any atom is -0.462 e. The number of nitrogens with zero attached hydrogens (tertiary/aromatic N) is 1. The number of likely N-dealkylation sites (N-methyl/N-ethyl adjacent to an activating group) is 1. The third-order valence-corrected chi connectivity index (χ3v) is 8.85. The topological polar surface area (TPSA) is 108 Å². The normalized spacial score (nSPS) is 14.3. The molecule has 9 nitrogen and oxygen atoms in total. The minimum absolute atomic E-state index is 0.0208. The van der Waals surface area contributed by atoms with Crippen molar-refractivity contribution in [3.63, 3.8) is 0 Å². The van der Waals surface area contributed by atoms with Gasteiger partial charge in [0.05, 0.1) is 27.7 Å². The SMILES string of the molecule is CCCCC/C=C/C/C=C/C/C=C/C/C=C/CCCC(=O)O[C@H](COC(=O)CCCCCCCCCCC)COP(=O)(O)OCC[N+](C)(C)C. The first-order valence-electron chi connectivity index (χ1n) is 19.4. The Hall–Kier alpha value is -2.03. The molecular weight excluding hydrogens is 653 g/mol. The van der Waals surface area contributed by atoms with Gasteiger partial charge in [-0.05, 0) is 51.4 Å². The molecule has 50 heavy (non-hydrogen) atoms. The Morgan fingerprint density at radius 2 is 1.10 bits per heavy atom. The lowest BCUT2D eigenvalue weighted by Crippen LogP contribution is -2.37. The number of carbonyl (C=O) groups excluding carboxylic acids is 2. The number of rotatable bonds is 34. The van der Waals surface area contributed by atoms with Gasteiger partial charge in [-0.2, -0.15) is 0 Å². The van der Waals surface area contributed by atoms with E-state index in [0.29, 0.717) is 23.9 Å². The summed E-state index contributed by atoms with van der Waals surface area (Å²) in [5.74, 6) is -0.871. The summed E-state index contributed by atoms with van der Waals surface area (Å²) in [6.45, 7) is 4.28. The first-order valence-corrected chi connectivity index (χ1v) is 20.9. The van der Waals surface area contributed by atoms with Crippen LogP contribution in [-0.4, -0.2) is 74.9 Å². The van der Waals surface area contributed by atoms with E-state index < -0.39 is 26.5 Å². The van der Waals surface area contributed by atoms with Gasteiger partial charge in [-0.25, -0.2) is 4.57 Å². The molecule has 290 valence electrons. The first kappa shape index (κ1) is 48.0. The Bertz CT molecular complexity index is 1000. The van der Waals surface area contributed by atoms with Gasteiger partial charge in [0.25, 0.3) is 0 Å². The predicted octanol–water partition coefficient (Wildman–Crippen LogP) is 10.3. The van der Waals surface area contributed by atoms with Gasteiger partial charge >= 0.3 is 19.8 Å². The van der Waals surface area contributed by atoms with Crippen LogP contribution < -0.4 is 0 Å². The van der Waals surface area contributed by atoms with Crippen LogP contribution in [0.1, 0.15) is 142 Å². The Labute approximate surface area is 305 Å². The fraction of sp³-hybridized carbons (Fsp3) is 0.750. The van der Waals surface area contributed by atoms with Crippen molar-refractivity contribution < 1.29 is 42.1 Å². The molecule has 1 N–H and O–H groups in total. The van der Waals surface area contributed by atoms with Gasteiger partial charge < -0.3 is 18.9 Å². The van der Waals surface area contributed by atoms with Gasteiger partial charge in [-0.15, -0.1) is 0 Å². The van der Waals surface area contributed by atoms with Crippen molar-refractivity contribution in [3.05, 3.63) is 48.6 Å². The third-order valence-electron chi connectivity index (χ3n) is 7.86. The molecule has 0 aliphatic rings. The monoisotopic (exact) mass is 727 g/mol. The minimum atomic E-state index is -4.38. The Balaban J connectivity index is 4.53. The predicted molar refractivity (Wildman–Crippen MR) is 206 cm³/mol. The lowest BCUT2D eigenvalue weighted by atomic mass is 10.1. The smallest absolute Gasteiger partial charge is 0.462 e. The number of carbonyl (C=O) groups is 2. The van der Waals surface area contributed by atoms with Gasteiger partial charge in [0.15, 0.2) is 6.10 Å². The molecular formula is C40H73NO8P+. The van der Waals surface area contributed by atoms with Gasteiger partial charge in [-0.3, -0.25) is 18.6 Å². The molecule has 0 aliphatic carbocycles. The number of phosphoric ester groups is 1. The number of phosphoric acid groups is 1. The van der Waals surface area contributed by atoms with Crippen molar-refractivity contribution in [2.75, 3.05) is 47.5 Å². The number of esters is 2. The Kier molecular flexibility index (Phi) is 31.5. The van der Waals surface area contributed by atoms with Crippen LogP contribution in [0.3, 0.4) is 0 Å². The van der Waals surface area contributed by atoms with Crippen molar-refractivity contribution in [2.24, 2.45) is 0 Å². The Morgan fingerprint density at radius 1 is 0.620 bits per heavy atom. The molecule has 0 aliphatic heterocycles. The van der Waals surface area contributed by atoms with Crippen LogP contribution in [0.25, 0.3) is 0 Å². The highest BCUT2D eigenvalue weighted by Gasteiger charge is 2.27. The number of quaternary nitrogens is 1. The maximum Gasteiger partial charge on any atom is 0.472 e. The average molecular weight is 727 g/mol. The van der Waals surface area contributed by atoms with Crippen molar-refractivity contribution in [1.29, 1.82) is 0 Å². The van der Waals surface area contributed by atoms with Crippen LogP contribution in [0.2, 0.25) is 0 Å². The molecule has 1 unspecified atom stereocenters. The quantitative estimate of drug-likeness (QED) is 0.0230. The number of hydrogen-bond acceptors (Lipinski definition) is 7. The standard InChI is InChI=1S/C40H72NO8P/c1-6-8-10-12-14-16-17-18-19-20-21-22-23-25-27-29-31-33-40(43)49-38(37-48-50(44,45)47-35-34-41(3,4)5)36-46-39(42)32-30-28-26-24-15-13-11-9-7-2/h14,16,18-19,21-22,25,27,38H,6-13,15,17,20,23-24,26,28-37H2,1-5H3/p+1/b16-14+,19-18+,22-21+,27-25+/t38-/m1/s1. The molecule has 0 aromatic heterocycles. The molecule has 0 heterocycles. The van der Waals surface area contributed by atoms with E-state index in [1.807, 2.05) is 27.2 Å². The summed E-state index contributed by atoms with van der Waals surface area (Å²) in [6, 6.07) is 0. The van der Waals surface area contributed by atoms with Gasteiger partial charge in [0.2, 0.25) is 0 Å². The van der Waals surface area contributed by atoms with Crippen LogP contribution in [-0.2, 0) is 32.7 Å². The van der Waals surface area contributed by atoms with Crippen molar-refractivity contribution in [2.45, 2.75) is 148 Å². The number of hydrogen-bond donors (Lipinski definition) is 1. The fourth-order valence-corrected chi connectivity index (χ4v) is 5.51. The molecule has 0 radical (unpaired) electrons. The van der Waals surface area contributed by atoms with Crippen molar-refractivity contribution >= 4 is 19.8 Å². The maximum atomic E-state index is 12.6. The average Bonchev–Trinajstić information content (AvgIpc) is 3.06. The summed E-state index contributed by atoms with van der Waals surface area (Å²) in [4.78, 5) is 35.1.